The fourth-order valence-corrected chi connectivity index (χ4v) is 4.06. The standard InChI is InChI=1S/C29H28N2O3/c1-20-4-2-3-5-26(20)29(33)34-19-22-7-10-23(11-8-22)27(17-30)28(32)13-9-21-6-12-25-18-31-15-14-24(25)16-21/h2-8,10-12,14-16,18,27H,9,13,17,19,30H2,1H3. The highest BCUT2D eigenvalue weighted by molar-refractivity contribution is 5.91. The summed E-state index contributed by atoms with van der Waals surface area (Å²) in [7, 11) is 0. The zero-order valence-corrected chi connectivity index (χ0v) is 19.2. The van der Waals surface area contributed by atoms with Gasteiger partial charge in [0.1, 0.15) is 12.4 Å². The number of fused-ring (bicyclic) bond motifs is 1. The molecule has 0 saturated carbocycles. The van der Waals surface area contributed by atoms with E-state index in [0.29, 0.717) is 18.4 Å². The molecule has 0 spiro atoms. The third-order valence-corrected chi connectivity index (χ3v) is 6.11. The van der Waals surface area contributed by atoms with Gasteiger partial charge in [0.2, 0.25) is 0 Å². The van der Waals surface area contributed by atoms with E-state index in [1.165, 1.54) is 0 Å². The van der Waals surface area contributed by atoms with Crippen LogP contribution < -0.4 is 5.73 Å². The summed E-state index contributed by atoms with van der Waals surface area (Å²) >= 11 is 0. The van der Waals surface area contributed by atoms with E-state index >= 15 is 0 Å². The lowest BCUT2D eigenvalue weighted by molar-refractivity contribution is -0.120. The monoisotopic (exact) mass is 452 g/mol. The number of Topliss-reactive ketones (excluding diaryl/α,β-unsaturated/α-hetero) is 1. The molecule has 4 rings (SSSR count). The first kappa shape index (κ1) is 23.3. The first-order valence-electron chi connectivity index (χ1n) is 11.4. The second-order valence-electron chi connectivity index (χ2n) is 8.44. The van der Waals surface area contributed by atoms with Gasteiger partial charge in [-0.05, 0) is 53.1 Å². The second-order valence-corrected chi connectivity index (χ2v) is 8.44. The molecule has 5 nitrogen and oxygen atoms in total. The molecule has 0 fully saturated rings. The Balaban J connectivity index is 1.34. The van der Waals surface area contributed by atoms with Gasteiger partial charge in [0.05, 0.1) is 11.5 Å². The summed E-state index contributed by atoms with van der Waals surface area (Å²) in [6.45, 7) is 2.31. The van der Waals surface area contributed by atoms with Crippen LogP contribution in [0.4, 0.5) is 0 Å². The maximum atomic E-state index is 12.9. The van der Waals surface area contributed by atoms with Crippen LogP contribution in [0.15, 0.2) is 85.2 Å². The third kappa shape index (κ3) is 5.56. The summed E-state index contributed by atoms with van der Waals surface area (Å²) in [5.74, 6) is -0.577. The van der Waals surface area contributed by atoms with Crippen LogP contribution in [-0.4, -0.2) is 23.3 Å². The van der Waals surface area contributed by atoms with Crippen molar-refractivity contribution in [3.63, 3.8) is 0 Å². The number of hydrogen-bond acceptors (Lipinski definition) is 5. The molecule has 0 radical (unpaired) electrons. The largest absolute Gasteiger partial charge is 0.457 e. The van der Waals surface area contributed by atoms with E-state index < -0.39 is 0 Å². The fraction of sp³-hybridized carbons (Fsp3) is 0.207. The smallest absolute Gasteiger partial charge is 0.338 e. The molecule has 3 aromatic carbocycles. The lowest BCUT2D eigenvalue weighted by atomic mass is 9.90. The van der Waals surface area contributed by atoms with Crippen LogP contribution in [-0.2, 0) is 22.6 Å². The number of carbonyl (C=O) groups is 2. The van der Waals surface area contributed by atoms with Crippen LogP contribution in [0, 0.1) is 6.92 Å². The molecule has 1 atom stereocenters. The van der Waals surface area contributed by atoms with Gasteiger partial charge >= 0.3 is 5.97 Å². The number of nitrogens with two attached hydrogens (primary N) is 1. The van der Waals surface area contributed by atoms with Gasteiger partial charge in [0.15, 0.2) is 0 Å². The number of aromatic nitrogens is 1. The predicted octanol–water partition coefficient (Wildman–Crippen LogP) is 5.14. The second kappa shape index (κ2) is 10.9. The van der Waals surface area contributed by atoms with Crippen LogP contribution in [0.1, 0.15) is 45.0 Å². The predicted molar refractivity (Wildman–Crippen MR) is 134 cm³/mol. The quantitative estimate of drug-likeness (QED) is 0.355. The van der Waals surface area contributed by atoms with Crippen LogP contribution in [0.2, 0.25) is 0 Å². The molecule has 5 heteroatoms. The molecular formula is C29H28N2O3. The van der Waals surface area contributed by atoms with Gasteiger partial charge in [-0.1, -0.05) is 60.7 Å². The number of ether oxygens (including phenoxy) is 1. The summed E-state index contributed by atoms with van der Waals surface area (Å²) in [6.07, 6.45) is 4.70. The van der Waals surface area contributed by atoms with E-state index in [2.05, 4.69) is 11.1 Å². The van der Waals surface area contributed by atoms with Gasteiger partial charge in [-0.15, -0.1) is 0 Å². The molecule has 1 aromatic heterocycles. The molecule has 34 heavy (non-hydrogen) atoms. The SMILES string of the molecule is Cc1ccccc1C(=O)OCc1ccc(C(CN)C(=O)CCc2ccc3cnccc3c2)cc1. The van der Waals surface area contributed by atoms with Gasteiger partial charge in [-0.25, -0.2) is 4.79 Å². The van der Waals surface area contributed by atoms with E-state index in [0.717, 1.165) is 33.0 Å². The van der Waals surface area contributed by atoms with Crippen molar-refractivity contribution in [3.05, 3.63) is 113 Å². The zero-order chi connectivity index (χ0) is 23.9. The minimum atomic E-state index is -0.353. The van der Waals surface area contributed by atoms with Crippen molar-refractivity contribution in [3.8, 4) is 0 Å². The highest BCUT2D eigenvalue weighted by Gasteiger charge is 2.19. The number of pyridine rings is 1. The minimum absolute atomic E-state index is 0.121. The Bertz CT molecular complexity index is 1300. The molecule has 0 aliphatic rings. The van der Waals surface area contributed by atoms with Crippen molar-refractivity contribution in [1.29, 1.82) is 0 Å². The lowest BCUT2D eigenvalue weighted by Crippen LogP contribution is -2.22. The van der Waals surface area contributed by atoms with E-state index in [-0.39, 0.29) is 30.8 Å². The van der Waals surface area contributed by atoms with Gasteiger partial charge in [0, 0.05) is 30.7 Å². The van der Waals surface area contributed by atoms with Gasteiger partial charge in [-0.3, -0.25) is 9.78 Å². The third-order valence-electron chi connectivity index (χ3n) is 6.11. The lowest BCUT2D eigenvalue weighted by Gasteiger charge is -2.15. The summed E-state index contributed by atoms with van der Waals surface area (Å²) < 4.78 is 5.45. The minimum Gasteiger partial charge on any atom is -0.457 e. The average molecular weight is 453 g/mol. The summed E-state index contributed by atoms with van der Waals surface area (Å²) in [5, 5.41) is 2.20. The Labute approximate surface area is 199 Å². The van der Waals surface area contributed by atoms with Crippen molar-refractivity contribution in [2.75, 3.05) is 6.54 Å². The van der Waals surface area contributed by atoms with Crippen LogP contribution >= 0.6 is 0 Å². The number of rotatable bonds is 9. The maximum Gasteiger partial charge on any atom is 0.338 e. The Morgan fingerprint density at radius 2 is 1.71 bits per heavy atom. The average Bonchev–Trinajstić information content (AvgIpc) is 2.87. The van der Waals surface area contributed by atoms with Crippen molar-refractivity contribution in [2.24, 2.45) is 5.73 Å². The molecule has 172 valence electrons. The van der Waals surface area contributed by atoms with Gasteiger partial charge < -0.3 is 10.5 Å². The normalized spacial score (nSPS) is 11.8. The molecule has 4 aromatic rings. The Morgan fingerprint density at radius 1 is 0.941 bits per heavy atom. The number of benzene rings is 3. The Kier molecular flexibility index (Phi) is 7.45. The first-order chi connectivity index (χ1) is 16.5. The summed E-state index contributed by atoms with van der Waals surface area (Å²) in [4.78, 5) is 29.4. The molecule has 0 amide bonds. The zero-order valence-electron chi connectivity index (χ0n) is 19.2. The van der Waals surface area contributed by atoms with Crippen molar-refractivity contribution in [1.82, 2.24) is 4.98 Å². The van der Waals surface area contributed by atoms with Crippen LogP contribution in [0.3, 0.4) is 0 Å². The number of ketones is 1. The van der Waals surface area contributed by atoms with Crippen molar-refractivity contribution in [2.45, 2.75) is 32.3 Å². The van der Waals surface area contributed by atoms with E-state index in [9.17, 15) is 9.59 Å². The number of esters is 1. The molecule has 0 aliphatic carbocycles. The van der Waals surface area contributed by atoms with Crippen LogP contribution in [0.25, 0.3) is 10.8 Å². The molecule has 0 bridgehead atoms. The number of nitrogens with zero attached hydrogens (tertiary/aromatic N) is 1. The van der Waals surface area contributed by atoms with Crippen LogP contribution in [0.5, 0.6) is 0 Å². The van der Waals surface area contributed by atoms with Gasteiger partial charge in [0.25, 0.3) is 0 Å². The fourth-order valence-electron chi connectivity index (χ4n) is 4.06. The Morgan fingerprint density at radius 3 is 2.47 bits per heavy atom. The molecule has 1 unspecified atom stereocenters. The van der Waals surface area contributed by atoms with E-state index in [1.54, 1.807) is 12.3 Å². The van der Waals surface area contributed by atoms with Gasteiger partial charge in [-0.2, -0.15) is 0 Å². The summed E-state index contributed by atoms with van der Waals surface area (Å²) in [6, 6.07) is 23.1. The number of aryl methyl sites for hydroxylation is 2. The molecule has 0 saturated heterocycles. The van der Waals surface area contributed by atoms with Crippen molar-refractivity contribution < 1.29 is 14.3 Å². The van der Waals surface area contributed by atoms with Crippen molar-refractivity contribution >= 4 is 22.5 Å². The first-order valence-corrected chi connectivity index (χ1v) is 11.4. The van der Waals surface area contributed by atoms with E-state index in [4.69, 9.17) is 10.5 Å². The molecule has 0 aliphatic heterocycles. The molecular weight excluding hydrogens is 424 g/mol. The topological polar surface area (TPSA) is 82.3 Å². The highest BCUT2D eigenvalue weighted by atomic mass is 16.5. The Hall–Kier alpha value is -3.83. The highest BCUT2D eigenvalue weighted by Crippen LogP contribution is 2.21. The number of carbonyl (C=O) groups excluding carboxylic acids is 2. The van der Waals surface area contributed by atoms with E-state index in [1.807, 2.05) is 73.8 Å². The molecule has 2 N–H and O–H groups in total. The number of hydrogen-bond donors (Lipinski definition) is 1. The molecule has 1 heterocycles. The maximum absolute atomic E-state index is 12.9. The summed E-state index contributed by atoms with van der Waals surface area (Å²) in [5.41, 5.74) is 10.3.